The number of carbonyl (C=O) groups is 1. The van der Waals surface area contributed by atoms with Gasteiger partial charge in [0.05, 0.1) is 28.0 Å². The molecule has 4 rings (SSSR count). The fraction of sp³-hybridized carbons (Fsp3) is 0.286. The van der Waals surface area contributed by atoms with E-state index >= 15 is 0 Å². The quantitative estimate of drug-likeness (QED) is 0.569. The summed E-state index contributed by atoms with van der Waals surface area (Å²) < 4.78 is 1.60. The van der Waals surface area contributed by atoms with Crippen LogP contribution in [0, 0.1) is 0 Å². The Balaban J connectivity index is 1.76. The maximum atomic E-state index is 13.0. The molecule has 0 unspecified atom stereocenters. The van der Waals surface area contributed by atoms with Crippen molar-refractivity contribution in [3.63, 3.8) is 0 Å². The topological polar surface area (TPSA) is 81.0 Å². The van der Waals surface area contributed by atoms with Gasteiger partial charge in [-0.1, -0.05) is 23.2 Å². The first-order chi connectivity index (χ1) is 14.3. The molecule has 0 amide bonds. The number of rotatable bonds is 4. The molecule has 3 aromatic rings. The Morgan fingerprint density at radius 2 is 1.93 bits per heavy atom. The molecule has 7 nitrogen and oxygen atoms in total. The minimum Gasteiger partial charge on any atom is -0.329 e. The van der Waals surface area contributed by atoms with Crippen molar-refractivity contribution in [3.05, 3.63) is 68.8 Å². The zero-order chi connectivity index (χ0) is 21.5. The first-order valence-corrected chi connectivity index (χ1v) is 10.2. The standard InChI is InChI=1S/C21H19Cl2N5O2/c1-21(2)6-8-27-19(30)10-17(16-5-7-24-12-25-16)26-20(27)28(21)11-18(29)13-3-4-14(22)15(23)9-13/h3-5,7,9-10,12H,6,8,11H2,1-2H3. The molecule has 0 saturated heterocycles. The van der Waals surface area contributed by atoms with E-state index < -0.39 is 0 Å². The lowest BCUT2D eigenvalue weighted by Gasteiger charge is -2.44. The van der Waals surface area contributed by atoms with Crippen LogP contribution in [0.15, 0.2) is 47.7 Å². The van der Waals surface area contributed by atoms with Gasteiger partial charge in [0.15, 0.2) is 5.78 Å². The Kier molecular flexibility index (Phi) is 5.34. The number of ketones is 1. The van der Waals surface area contributed by atoms with Crippen LogP contribution in [0.4, 0.5) is 5.95 Å². The maximum absolute atomic E-state index is 13.0. The van der Waals surface area contributed by atoms with Gasteiger partial charge in [0.1, 0.15) is 6.33 Å². The van der Waals surface area contributed by atoms with E-state index in [0.717, 1.165) is 0 Å². The van der Waals surface area contributed by atoms with Gasteiger partial charge in [-0.3, -0.25) is 14.2 Å². The SMILES string of the molecule is CC1(C)CCn2c(nc(-c3ccncn3)cc2=O)N1CC(=O)c1ccc(Cl)c(Cl)c1. The number of hydrogen-bond donors (Lipinski definition) is 0. The molecule has 0 bridgehead atoms. The highest BCUT2D eigenvalue weighted by molar-refractivity contribution is 6.42. The monoisotopic (exact) mass is 443 g/mol. The molecule has 154 valence electrons. The first kappa shape index (κ1) is 20.5. The second-order valence-corrected chi connectivity index (χ2v) is 8.54. The second kappa shape index (κ2) is 7.81. The van der Waals surface area contributed by atoms with Crippen molar-refractivity contribution in [2.75, 3.05) is 11.4 Å². The lowest BCUT2D eigenvalue weighted by atomic mass is 9.95. The third-order valence-electron chi connectivity index (χ3n) is 5.30. The minimum absolute atomic E-state index is 0.0463. The van der Waals surface area contributed by atoms with Crippen molar-refractivity contribution in [2.45, 2.75) is 32.4 Å². The highest BCUT2D eigenvalue weighted by atomic mass is 35.5. The lowest BCUT2D eigenvalue weighted by molar-refractivity contribution is 0.0989. The fourth-order valence-corrected chi connectivity index (χ4v) is 3.76. The van der Waals surface area contributed by atoms with Crippen LogP contribution in [0.25, 0.3) is 11.4 Å². The van der Waals surface area contributed by atoms with Crippen LogP contribution < -0.4 is 10.5 Å². The molecule has 3 heterocycles. The number of Topliss-reactive ketones (excluding diaryl/α,β-unsaturated/α-hetero) is 1. The average Bonchev–Trinajstić information content (AvgIpc) is 2.72. The Hall–Kier alpha value is -2.77. The summed E-state index contributed by atoms with van der Waals surface area (Å²) in [7, 11) is 0. The minimum atomic E-state index is -0.379. The molecule has 0 fully saturated rings. The Bertz CT molecular complexity index is 1180. The van der Waals surface area contributed by atoms with E-state index in [1.807, 2.05) is 18.7 Å². The zero-order valence-corrected chi connectivity index (χ0v) is 18.0. The van der Waals surface area contributed by atoms with Gasteiger partial charge in [0.2, 0.25) is 5.95 Å². The van der Waals surface area contributed by atoms with E-state index in [4.69, 9.17) is 28.2 Å². The van der Waals surface area contributed by atoms with Crippen molar-refractivity contribution in [1.82, 2.24) is 19.5 Å². The predicted molar refractivity (Wildman–Crippen MR) is 116 cm³/mol. The number of nitrogens with zero attached hydrogens (tertiary/aromatic N) is 5. The Morgan fingerprint density at radius 1 is 1.13 bits per heavy atom. The highest BCUT2D eigenvalue weighted by Gasteiger charge is 2.36. The summed E-state index contributed by atoms with van der Waals surface area (Å²) in [6.07, 6.45) is 3.70. The summed E-state index contributed by atoms with van der Waals surface area (Å²) >= 11 is 12.0. The predicted octanol–water partition coefficient (Wildman–Crippen LogP) is 3.88. The molecule has 0 N–H and O–H groups in total. The van der Waals surface area contributed by atoms with Crippen LogP contribution in [0.3, 0.4) is 0 Å². The van der Waals surface area contributed by atoms with E-state index in [0.29, 0.717) is 45.9 Å². The van der Waals surface area contributed by atoms with Gasteiger partial charge in [-0.25, -0.2) is 15.0 Å². The molecule has 0 atom stereocenters. The van der Waals surface area contributed by atoms with Crippen molar-refractivity contribution >= 4 is 34.9 Å². The molecular weight excluding hydrogens is 425 g/mol. The summed E-state index contributed by atoms with van der Waals surface area (Å²) in [5, 5.41) is 0.709. The Labute approximate surface area is 183 Å². The first-order valence-electron chi connectivity index (χ1n) is 9.40. The van der Waals surface area contributed by atoms with E-state index in [-0.39, 0.29) is 23.4 Å². The highest BCUT2D eigenvalue weighted by Crippen LogP contribution is 2.32. The van der Waals surface area contributed by atoms with Crippen molar-refractivity contribution in [3.8, 4) is 11.4 Å². The molecule has 2 aromatic heterocycles. The Morgan fingerprint density at radius 3 is 2.63 bits per heavy atom. The molecular formula is C21H19Cl2N5O2. The molecule has 0 radical (unpaired) electrons. The number of benzene rings is 1. The third-order valence-corrected chi connectivity index (χ3v) is 6.03. The van der Waals surface area contributed by atoms with Crippen LogP contribution in [-0.2, 0) is 6.54 Å². The van der Waals surface area contributed by atoms with Gasteiger partial charge in [-0.2, -0.15) is 0 Å². The summed E-state index contributed by atoms with van der Waals surface area (Å²) in [4.78, 5) is 40.5. The molecule has 0 aliphatic carbocycles. The van der Waals surface area contributed by atoms with Gasteiger partial charge in [-0.05, 0) is 44.5 Å². The van der Waals surface area contributed by atoms with Gasteiger partial charge >= 0.3 is 0 Å². The normalized spacial score (nSPS) is 15.0. The number of fused-ring (bicyclic) bond motifs is 1. The van der Waals surface area contributed by atoms with Crippen LogP contribution in [-0.4, -0.2) is 37.4 Å². The molecule has 1 aliphatic rings. The summed E-state index contributed by atoms with van der Waals surface area (Å²) in [5.74, 6) is 0.303. The number of halogens is 2. The van der Waals surface area contributed by atoms with Crippen LogP contribution in [0.2, 0.25) is 10.0 Å². The van der Waals surface area contributed by atoms with Crippen molar-refractivity contribution in [1.29, 1.82) is 0 Å². The number of hydrogen-bond acceptors (Lipinski definition) is 6. The molecule has 9 heteroatoms. The zero-order valence-electron chi connectivity index (χ0n) is 16.5. The second-order valence-electron chi connectivity index (χ2n) is 7.73. The van der Waals surface area contributed by atoms with E-state index in [2.05, 4.69) is 9.97 Å². The molecule has 0 spiro atoms. The largest absolute Gasteiger partial charge is 0.329 e. The van der Waals surface area contributed by atoms with Crippen LogP contribution in [0.1, 0.15) is 30.6 Å². The van der Waals surface area contributed by atoms with Gasteiger partial charge < -0.3 is 4.90 Å². The molecule has 30 heavy (non-hydrogen) atoms. The molecule has 1 aliphatic heterocycles. The third kappa shape index (κ3) is 3.82. The lowest BCUT2D eigenvalue weighted by Crippen LogP contribution is -2.53. The number of carbonyl (C=O) groups excluding carboxylic acids is 1. The van der Waals surface area contributed by atoms with Gasteiger partial charge in [-0.15, -0.1) is 0 Å². The molecule has 1 aromatic carbocycles. The average molecular weight is 444 g/mol. The van der Waals surface area contributed by atoms with E-state index in [1.54, 1.807) is 35.0 Å². The summed E-state index contributed by atoms with van der Waals surface area (Å²) in [5.41, 5.74) is 0.876. The molecule has 0 saturated carbocycles. The van der Waals surface area contributed by atoms with Gasteiger partial charge in [0, 0.05) is 29.9 Å². The maximum Gasteiger partial charge on any atom is 0.255 e. The van der Waals surface area contributed by atoms with E-state index in [1.165, 1.54) is 12.4 Å². The van der Waals surface area contributed by atoms with Crippen molar-refractivity contribution < 1.29 is 4.79 Å². The van der Waals surface area contributed by atoms with Crippen LogP contribution in [0.5, 0.6) is 0 Å². The van der Waals surface area contributed by atoms with Crippen molar-refractivity contribution in [2.24, 2.45) is 0 Å². The summed E-state index contributed by atoms with van der Waals surface area (Å²) in [6, 6.07) is 7.95. The van der Waals surface area contributed by atoms with Gasteiger partial charge in [0.25, 0.3) is 5.56 Å². The smallest absolute Gasteiger partial charge is 0.255 e. The summed E-state index contributed by atoms with van der Waals surface area (Å²) in [6.45, 7) is 4.63. The van der Waals surface area contributed by atoms with Crippen LogP contribution >= 0.6 is 23.2 Å². The van der Waals surface area contributed by atoms with E-state index in [9.17, 15) is 9.59 Å². The fourth-order valence-electron chi connectivity index (χ4n) is 3.46. The number of anilines is 1. The number of aromatic nitrogens is 4.